The van der Waals surface area contributed by atoms with E-state index >= 15 is 0 Å². The number of carboxylic acids is 1. The first-order valence-corrected chi connectivity index (χ1v) is 25.3. The van der Waals surface area contributed by atoms with Gasteiger partial charge in [-0.15, -0.1) is 0 Å². The summed E-state index contributed by atoms with van der Waals surface area (Å²) in [6.07, 6.45) is -6.17. The molecule has 0 bridgehead atoms. The summed E-state index contributed by atoms with van der Waals surface area (Å²) < 4.78 is 60.5. The number of benzene rings is 3. The van der Waals surface area contributed by atoms with E-state index in [1.807, 2.05) is 54.6 Å². The fraction of sp³-hybridized carbons (Fsp3) is 0.473. The lowest BCUT2D eigenvalue weighted by Crippen LogP contribution is -2.66. The molecule has 6 rings (SSSR count). The molecule has 2 aliphatic heterocycles. The zero-order valence-electron chi connectivity index (χ0n) is 44.9. The van der Waals surface area contributed by atoms with E-state index in [1.165, 1.54) is 39.2 Å². The first kappa shape index (κ1) is 60.3. The van der Waals surface area contributed by atoms with E-state index in [9.17, 15) is 48.3 Å². The molecule has 0 aliphatic carbocycles. The summed E-state index contributed by atoms with van der Waals surface area (Å²) in [6, 6.07) is 22.3. The fourth-order valence-corrected chi connectivity index (χ4v) is 9.28. The number of hydrogen-bond acceptors (Lipinski definition) is 19. The number of hydrogen-bond donors (Lipinski definition) is 3. The molecule has 7 atom stereocenters. The predicted molar refractivity (Wildman–Crippen MR) is 275 cm³/mol. The Kier molecular flexibility index (Phi) is 21.1. The number of esters is 4. The number of H-pyrrole nitrogens is 1. The van der Waals surface area contributed by atoms with Gasteiger partial charge in [0.25, 0.3) is 5.56 Å². The lowest BCUT2D eigenvalue weighted by atomic mass is 9.79. The van der Waals surface area contributed by atoms with Gasteiger partial charge >= 0.3 is 35.5 Å². The van der Waals surface area contributed by atoms with Crippen LogP contribution in [-0.4, -0.2) is 151 Å². The minimum absolute atomic E-state index is 0.112. The van der Waals surface area contributed by atoms with Gasteiger partial charge < -0.3 is 62.7 Å². The van der Waals surface area contributed by atoms with Crippen LogP contribution in [0.3, 0.4) is 0 Å². The van der Waals surface area contributed by atoms with Gasteiger partial charge in [0.05, 0.1) is 46.8 Å². The molecular weight excluding hydrogens is 1040 g/mol. The summed E-state index contributed by atoms with van der Waals surface area (Å²) in [4.78, 5) is 119. The van der Waals surface area contributed by atoms with Gasteiger partial charge in [-0.25, -0.2) is 4.79 Å². The molecule has 0 spiro atoms. The number of methoxy groups -OCH3 is 2. The highest BCUT2D eigenvalue weighted by Crippen LogP contribution is 2.43. The summed E-state index contributed by atoms with van der Waals surface area (Å²) in [5.74, 6) is -4.32. The molecule has 0 saturated carbocycles. The number of morpholine rings is 1. The van der Waals surface area contributed by atoms with Gasteiger partial charge in [-0.2, -0.15) is 0 Å². The van der Waals surface area contributed by atoms with Crippen molar-refractivity contribution >= 4 is 41.7 Å². The lowest BCUT2D eigenvalue weighted by Gasteiger charge is -2.47. The minimum Gasteiger partial charge on any atom is -0.497 e. The SMILES string of the molecule is COc1ccc(C(OC[C@]2(COC(=O)CCC(=O)O)CN(C(=O)CCCCO[C@@H]3O[C@H](COC(C)=O)[C@H](OC(C)=O)[C@H](OC(C)=O)[C@H]3NC(C)=O)C[C@H](n3cc(C)c(=O)[nH]c3=O)O2)(c2ccccc2)c2ccc(OC)cc2)cc1. The van der Waals surface area contributed by atoms with E-state index < -0.39 is 134 Å². The highest BCUT2D eigenvalue weighted by atomic mass is 16.7. The molecule has 3 heterocycles. The average molecular weight is 1100 g/mol. The van der Waals surface area contributed by atoms with Gasteiger partial charge in [-0.05, 0) is 60.7 Å². The molecule has 4 aromatic rings. The molecule has 2 aliphatic rings. The van der Waals surface area contributed by atoms with Gasteiger partial charge in [-0.3, -0.25) is 47.9 Å². The van der Waals surface area contributed by atoms with E-state index in [0.717, 1.165) is 25.3 Å². The maximum absolute atomic E-state index is 14.7. The standard InChI is InChI=1S/C55H66N4O20/c1-33-27-59(53(69)57-51(33)68)45-28-58(44(64)15-11-12-26-72-52-48(56-34(2)60)50(77-37(5)63)49(76-36(4)62)43(78-52)29-73-35(3)61)30-54(79-45,31-74-47(67)25-24-46(65)66)32-75-55(38-13-9-8-10-14-38,39-16-20-41(70-6)21-17-39)40-18-22-42(71-7)23-19-40/h8-10,13-14,16-23,27,43,45,48-50,52H,11-12,15,24-26,28-32H2,1-7H3,(H,56,60)(H,65,66)(H,57,68,69)/t43-,45-,48-,49+,50-,52-,54-/m1/s1. The summed E-state index contributed by atoms with van der Waals surface area (Å²) >= 11 is 0. The first-order chi connectivity index (χ1) is 37.7. The Morgan fingerprint density at radius 1 is 0.759 bits per heavy atom. The third kappa shape index (κ3) is 15.9. The number of nitrogens with zero attached hydrogens (tertiary/aromatic N) is 2. The van der Waals surface area contributed by atoms with E-state index in [0.29, 0.717) is 28.2 Å². The van der Waals surface area contributed by atoms with Crippen molar-refractivity contribution in [2.75, 3.05) is 53.7 Å². The maximum Gasteiger partial charge on any atom is 0.330 e. The molecule has 2 amide bonds. The second kappa shape index (κ2) is 27.6. The molecule has 2 saturated heterocycles. The number of aryl methyl sites for hydroxylation is 1. The highest BCUT2D eigenvalue weighted by molar-refractivity contribution is 5.77. The van der Waals surface area contributed by atoms with Crippen molar-refractivity contribution < 1.29 is 86.0 Å². The predicted octanol–water partition coefficient (Wildman–Crippen LogP) is 3.22. The van der Waals surface area contributed by atoms with E-state index in [-0.39, 0.29) is 44.5 Å². The van der Waals surface area contributed by atoms with Gasteiger partial charge in [0.15, 0.2) is 24.7 Å². The average Bonchev–Trinajstić information content (AvgIpc) is 3.61. The van der Waals surface area contributed by atoms with E-state index in [2.05, 4.69) is 10.3 Å². The van der Waals surface area contributed by atoms with Gasteiger partial charge in [0.2, 0.25) is 11.8 Å². The third-order valence-electron chi connectivity index (χ3n) is 13.0. The Bertz CT molecular complexity index is 2840. The van der Waals surface area contributed by atoms with Crippen LogP contribution in [0.4, 0.5) is 0 Å². The summed E-state index contributed by atoms with van der Waals surface area (Å²) in [6.45, 7) is 3.88. The Morgan fingerprint density at radius 2 is 1.37 bits per heavy atom. The minimum atomic E-state index is -1.83. The number of carbonyl (C=O) groups is 7. The number of carbonyl (C=O) groups excluding carboxylic acids is 6. The lowest BCUT2D eigenvalue weighted by molar-refractivity contribution is -0.277. The number of aliphatic carboxylic acids is 1. The largest absolute Gasteiger partial charge is 0.497 e. The number of nitrogens with one attached hydrogen (secondary N) is 2. The van der Waals surface area contributed by atoms with Crippen molar-refractivity contribution in [1.82, 2.24) is 19.8 Å². The fourth-order valence-electron chi connectivity index (χ4n) is 9.28. The second-order valence-corrected chi connectivity index (χ2v) is 18.9. The normalized spacial score (nSPS) is 21.0. The van der Waals surface area contributed by atoms with Crippen LogP contribution in [0.15, 0.2) is 94.6 Å². The van der Waals surface area contributed by atoms with Gasteiger partial charge in [0.1, 0.15) is 48.1 Å². The molecule has 24 heteroatoms. The van der Waals surface area contributed by atoms with Gasteiger partial charge in [-0.1, -0.05) is 54.6 Å². The molecule has 79 heavy (non-hydrogen) atoms. The van der Waals surface area contributed by atoms with Crippen molar-refractivity contribution in [3.63, 3.8) is 0 Å². The van der Waals surface area contributed by atoms with Crippen molar-refractivity contribution in [3.05, 3.63) is 128 Å². The summed E-state index contributed by atoms with van der Waals surface area (Å²) in [5, 5.41) is 12.0. The zero-order valence-corrected chi connectivity index (χ0v) is 44.9. The van der Waals surface area contributed by atoms with Crippen molar-refractivity contribution in [2.45, 2.75) is 115 Å². The van der Waals surface area contributed by atoms with Crippen LogP contribution >= 0.6 is 0 Å². The van der Waals surface area contributed by atoms with Crippen LogP contribution in [0.5, 0.6) is 11.5 Å². The highest BCUT2D eigenvalue weighted by Gasteiger charge is 2.52. The molecular formula is C55H66N4O20. The summed E-state index contributed by atoms with van der Waals surface area (Å²) in [5.41, 5.74) is -2.85. The van der Waals surface area contributed by atoms with Gasteiger partial charge in [0, 0.05) is 52.5 Å². The van der Waals surface area contributed by atoms with Crippen LogP contribution in [-0.2, 0) is 77.1 Å². The molecule has 3 N–H and O–H groups in total. The molecule has 0 radical (unpaired) electrons. The van der Waals surface area contributed by atoms with E-state index in [1.54, 1.807) is 24.3 Å². The van der Waals surface area contributed by atoms with Crippen LogP contribution in [0.2, 0.25) is 0 Å². The second-order valence-electron chi connectivity index (χ2n) is 18.9. The van der Waals surface area contributed by atoms with Crippen molar-refractivity contribution in [1.29, 1.82) is 0 Å². The Hall–Kier alpha value is -7.93. The van der Waals surface area contributed by atoms with Crippen molar-refractivity contribution in [3.8, 4) is 11.5 Å². The number of amides is 2. The van der Waals surface area contributed by atoms with Crippen LogP contribution in [0.25, 0.3) is 0 Å². The quantitative estimate of drug-likeness (QED) is 0.0371. The molecule has 0 unspecified atom stereocenters. The first-order valence-electron chi connectivity index (χ1n) is 25.3. The van der Waals surface area contributed by atoms with Crippen LogP contribution in [0, 0.1) is 6.92 Å². The summed E-state index contributed by atoms with van der Waals surface area (Å²) in [7, 11) is 3.06. The molecule has 426 valence electrons. The monoisotopic (exact) mass is 1100 g/mol. The Labute approximate surface area is 454 Å². The molecule has 3 aromatic carbocycles. The Morgan fingerprint density at radius 3 is 1.94 bits per heavy atom. The number of unbranched alkanes of at least 4 members (excludes halogenated alkanes) is 1. The number of aromatic amines is 1. The molecule has 24 nitrogen and oxygen atoms in total. The van der Waals surface area contributed by atoms with Crippen molar-refractivity contribution in [2.24, 2.45) is 0 Å². The number of ether oxygens (including phenoxy) is 10. The number of rotatable bonds is 25. The third-order valence-corrected chi connectivity index (χ3v) is 13.0. The smallest absolute Gasteiger partial charge is 0.330 e. The topological polar surface area (TPSA) is 302 Å². The number of aromatic nitrogens is 2. The zero-order chi connectivity index (χ0) is 57.4. The van der Waals surface area contributed by atoms with E-state index in [4.69, 9.17) is 47.4 Å². The number of carboxylic acid groups (broad SMARTS) is 1. The molecule has 1 aromatic heterocycles. The van der Waals surface area contributed by atoms with Crippen LogP contribution in [0.1, 0.15) is 88.3 Å². The maximum atomic E-state index is 14.7. The Balaban J connectivity index is 1.35. The van der Waals surface area contributed by atoms with Crippen LogP contribution < -0.4 is 26.0 Å². The molecule has 2 fully saturated rings.